The zero-order chi connectivity index (χ0) is 13.5. The largest absolute Gasteiger partial charge is 0.457 e. The van der Waals surface area contributed by atoms with Crippen LogP contribution in [0.25, 0.3) is 0 Å². The fourth-order valence-electron chi connectivity index (χ4n) is 1.26. The molecule has 4 nitrogen and oxygen atoms in total. The van der Waals surface area contributed by atoms with Gasteiger partial charge >= 0.3 is 5.97 Å². The Morgan fingerprint density at radius 2 is 1.94 bits per heavy atom. The van der Waals surface area contributed by atoms with Crippen molar-refractivity contribution in [2.24, 2.45) is 0 Å². The van der Waals surface area contributed by atoms with Crippen LogP contribution in [0.1, 0.15) is 30.1 Å². The highest BCUT2D eigenvalue weighted by Gasteiger charge is 2.13. The van der Waals surface area contributed by atoms with Crippen molar-refractivity contribution in [1.82, 2.24) is 0 Å². The number of carbonyl (C=O) groups is 2. The molecule has 1 aromatic carbocycles. The molecule has 0 aliphatic carbocycles. The summed E-state index contributed by atoms with van der Waals surface area (Å²) in [4.78, 5) is 22.9. The van der Waals surface area contributed by atoms with Gasteiger partial charge in [-0.1, -0.05) is 35.0 Å². The molecule has 18 heavy (non-hydrogen) atoms. The summed E-state index contributed by atoms with van der Waals surface area (Å²) >= 11 is 3.27. The van der Waals surface area contributed by atoms with E-state index >= 15 is 0 Å². The number of Topliss-reactive ketones (excluding diaryl/α,β-unsaturated/α-hetero) is 1. The van der Waals surface area contributed by atoms with Crippen LogP contribution in [0.5, 0.6) is 0 Å². The van der Waals surface area contributed by atoms with Crippen molar-refractivity contribution in [2.75, 3.05) is 6.61 Å². The molecular weight excluding hydrogens is 300 g/mol. The average molecular weight is 315 g/mol. The van der Waals surface area contributed by atoms with Crippen molar-refractivity contribution in [2.45, 2.75) is 25.9 Å². The monoisotopic (exact) mass is 314 g/mol. The summed E-state index contributed by atoms with van der Waals surface area (Å²) in [5.74, 6) is -0.823. The summed E-state index contributed by atoms with van der Waals surface area (Å²) in [6, 6.07) is 6.80. The summed E-state index contributed by atoms with van der Waals surface area (Å²) in [5, 5.41) is 9.25. The zero-order valence-corrected chi connectivity index (χ0v) is 11.6. The number of benzene rings is 1. The first-order valence-electron chi connectivity index (χ1n) is 5.65. The number of esters is 1. The van der Waals surface area contributed by atoms with Gasteiger partial charge in [-0.3, -0.25) is 9.59 Å². The van der Waals surface area contributed by atoms with E-state index in [1.807, 2.05) is 0 Å². The third-order valence-corrected chi connectivity index (χ3v) is 2.93. The number of ketones is 1. The fraction of sp³-hybridized carbons (Fsp3) is 0.385. The van der Waals surface area contributed by atoms with Crippen molar-refractivity contribution in [1.29, 1.82) is 0 Å². The molecule has 1 rings (SSSR count). The predicted octanol–water partition coefficient (Wildman–Crippen LogP) is 2.34. The van der Waals surface area contributed by atoms with Gasteiger partial charge in [-0.2, -0.15) is 0 Å². The van der Waals surface area contributed by atoms with Gasteiger partial charge in [0.2, 0.25) is 0 Å². The lowest BCUT2D eigenvalue weighted by Gasteiger charge is -2.07. The molecule has 0 spiro atoms. The first kappa shape index (κ1) is 14.9. The Morgan fingerprint density at radius 1 is 1.33 bits per heavy atom. The number of aliphatic hydroxyl groups is 1. The molecule has 0 bridgehead atoms. The van der Waals surface area contributed by atoms with Gasteiger partial charge in [0.1, 0.15) is 0 Å². The Labute approximate surface area is 114 Å². The van der Waals surface area contributed by atoms with E-state index in [2.05, 4.69) is 15.9 Å². The van der Waals surface area contributed by atoms with Crippen LogP contribution in [0.15, 0.2) is 28.7 Å². The lowest BCUT2D eigenvalue weighted by Crippen LogP contribution is -2.18. The maximum Gasteiger partial charge on any atom is 0.308 e. The van der Waals surface area contributed by atoms with Gasteiger partial charge in [0.05, 0.1) is 12.5 Å². The molecule has 0 heterocycles. The topological polar surface area (TPSA) is 63.6 Å². The van der Waals surface area contributed by atoms with Gasteiger partial charge in [0.15, 0.2) is 12.4 Å². The molecule has 0 saturated carbocycles. The molecule has 0 fully saturated rings. The number of ether oxygens (including phenoxy) is 1. The molecule has 0 aliphatic rings. The van der Waals surface area contributed by atoms with E-state index in [9.17, 15) is 14.7 Å². The Kier molecular flexibility index (Phi) is 6.01. The van der Waals surface area contributed by atoms with Gasteiger partial charge in [0.25, 0.3) is 0 Å². The maximum atomic E-state index is 11.7. The smallest absolute Gasteiger partial charge is 0.308 e. The van der Waals surface area contributed by atoms with Crippen LogP contribution in [0, 0.1) is 0 Å². The molecular formula is C13H15BrO4. The molecule has 0 saturated heterocycles. The van der Waals surface area contributed by atoms with Crippen LogP contribution in [0.4, 0.5) is 0 Å². The second kappa shape index (κ2) is 7.28. The molecule has 0 radical (unpaired) electrons. The predicted molar refractivity (Wildman–Crippen MR) is 70.3 cm³/mol. The minimum absolute atomic E-state index is 0.0792. The minimum atomic E-state index is -0.708. The van der Waals surface area contributed by atoms with Crippen molar-refractivity contribution in [3.05, 3.63) is 34.3 Å². The minimum Gasteiger partial charge on any atom is -0.457 e. The number of carbonyl (C=O) groups excluding carboxylic acids is 2. The summed E-state index contributed by atoms with van der Waals surface area (Å²) in [6.45, 7) is 1.47. The number of aliphatic hydroxyl groups excluding tert-OH is 1. The standard InChI is InChI=1S/C13H15BrO4/c1-2-11(15)7-13(17)18-8-12(16)9-3-5-10(14)6-4-9/h3-6,11,15H,2,7-8H2,1H3. The first-order chi connectivity index (χ1) is 8.52. The summed E-state index contributed by atoms with van der Waals surface area (Å²) in [5.41, 5.74) is 0.488. The summed E-state index contributed by atoms with van der Waals surface area (Å²) in [6.07, 6.45) is -0.305. The summed E-state index contributed by atoms with van der Waals surface area (Å²) in [7, 11) is 0. The van der Waals surface area contributed by atoms with Crippen molar-refractivity contribution >= 4 is 27.7 Å². The van der Waals surface area contributed by atoms with Crippen LogP contribution in [0.3, 0.4) is 0 Å². The van der Waals surface area contributed by atoms with Gasteiger partial charge in [-0.25, -0.2) is 0 Å². The van der Waals surface area contributed by atoms with Crippen LogP contribution in [-0.2, 0) is 9.53 Å². The van der Waals surface area contributed by atoms with E-state index < -0.39 is 12.1 Å². The second-order valence-electron chi connectivity index (χ2n) is 3.86. The molecule has 0 aromatic heterocycles. The van der Waals surface area contributed by atoms with Crippen LogP contribution in [0.2, 0.25) is 0 Å². The van der Waals surface area contributed by atoms with E-state index in [0.717, 1.165) is 4.47 Å². The number of rotatable bonds is 6. The van der Waals surface area contributed by atoms with E-state index in [0.29, 0.717) is 12.0 Å². The van der Waals surface area contributed by atoms with E-state index in [1.54, 1.807) is 31.2 Å². The number of hydrogen-bond donors (Lipinski definition) is 1. The number of hydrogen-bond acceptors (Lipinski definition) is 4. The highest BCUT2D eigenvalue weighted by molar-refractivity contribution is 9.10. The summed E-state index contributed by atoms with van der Waals surface area (Å²) < 4.78 is 5.68. The number of halogens is 1. The third-order valence-electron chi connectivity index (χ3n) is 2.40. The molecule has 98 valence electrons. The molecule has 1 N–H and O–H groups in total. The van der Waals surface area contributed by atoms with E-state index in [1.165, 1.54) is 0 Å². The van der Waals surface area contributed by atoms with Gasteiger partial charge in [-0.05, 0) is 18.6 Å². The molecule has 0 amide bonds. The van der Waals surface area contributed by atoms with Gasteiger partial charge in [-0.15, -0.1) is 0 Å². The quantitative estimate of drug-likeness (QED) is 0.646. The fourth-order valence-corrected chi connectivity index (χ4v) is 1.53. The van der Waals surface area contributed by atoms with Crippen molar-refractivity contribution in [3.63, 3.8) is 0 Å². The molecule has 5 heteroatoms. The highest BCUT2D eigenvalue weighted by Crippen LogP contribution is 2.11. The Balaban J connectivity index is 2.41. The lowest BCUT2D eigenvalue weighted by molar-refractivity contribution is -0.144. The van der Waals surface area contributed by atoms with E-state index in [-0.39, 0.29) is 18.8 Å². The van der Waals surface area contributed by atoms with Crippen molar-refractivity contribution in [3.8, 4) is 0 Å². The molecule has 1 unspecified atom stereocenters. The Bertz CT molecular complexity index is 414. The molecule has 1 aromatic rings. The molecule has 1 atom stereocenters. The average Bonchev–Trinajstić information content (AvgIpc) is 2.36. The second-order valence-corrected chi connectivity index (χ2v) is 4.77. The normalized spacial score (nSPS) is 11.9. The lowest BCUT2D eigenvalue weighted by atomic mass is 10.1. The third kappa shape index (κ3) is 4.98. The SMILES string of the molecule is CCC(O)CC(=O)OCC(=O)c1ccc(Br)cc1. The maximum absolute atomic E-state index is 11.7. The first-order valence-corrected chi connectivity index (χ1v) is 6.44. The van der Waals surface area contributed by atoms with Crippen molar-refractivity contribution < 1.29 is 19.4 Å². The van der Waals surface area contributed by atoms with Gasteiger partial charge < -0.3 is 9.84 Å². The zero-order valence-electron chi connectivity index (χ0n) is 10.1. The highest BCUT2D eigenvalue weighted by atomic mass is 79.9. The van der Waals surface area contributed by atoms with Crippen LogP contribution < -0.4 is 0 Å². The molecule has 0 aliphatic heterocycles. The van der Waals surface area contributed by atoms with Gasteiger partial charge in [0, 0.05) is 10.0 Å². The van der Waals surface area contributed by atoms with E-state index in [4.69, 9.17) is 4.74 Å². The van der Waals surface area contributed by atoms with Crippen LogP contribution in [-0.4, -0.2) is 29.6 Å². The Hall–Kier alpha value is -1.20. The Morgan fingerprint density at radius 3 is 2.50 bits per heavy atom. The van der Waals surface area contributed by atoms with Crippen LogP contribution >= 0.6 is 15.9 Å².